The van der Waals surface area contributed by atoms with E-state index < -0.39 is 5.82 Å². The first-order chi connectivity index (χ1) is 10.6. The molecule has 4 heteroatoms. The predicted octanol–water partition coefficient (Wildman–Crippen LogP) is 4.29. The fourth-order valence-corrected chi connectivity index (χ4v) is 2.09. The second kappa shape index (κ2) is 7.37. The van der Waals surface area contributed by atoms with Crippen molar-refractivity contribution in [3.63, 3.8) is 0 Å². The van der Waals surface area contributed by atoms with Gasteiger partial charge in [-0.3, -0.25) is 4.79 Å². The summed E-state index contributed by atoms with van der Waals surface area (Å²) < 4.78 is 13.3. The summed E-state index contributed by atoms with van der Waals surface area (Å²) in [6.07, 6.45) is 3.30. The largest absolute Gasteiger partial charge is 0.322 e. The van der Waals surface area contributed by atoms with Gasteiger partial charge in [-0.1, -0.05) is 25.5 Å². The molecule has 0 unspecified atom stereocenters. The molecule has 0 heterocycles. The minimum Gasteiger partial charge on any atom is -0.322 e. The van der Waals surface area contributed by atoms with Crippen molar-refractivity contribution in [2.75, 3.05) is 5.32 Å². The van der Waals surface area contributed by atoms with Crippen LogP contribution in [-0.2, 0) is 6.42 Å². The maximum Gasteiger partial charge on any atom is 0.255 e. The van der Waals surface area contributed by atoms with Crippen LogP contribution in [0.5, 0.6) is 0 Å². The molecule has 3 nitrogen and oxygen atoms in total. The molecule has 1 amide bonds. The lowest BCUT2D eigenvalue weighted by atomic mass is 10.1. The summed E-state index contributed by atoms with van der Waals surface area (Å²) in [6.45, 7) is 2.15. The van der Waals surface area contributed by atoms with Crippen LogP contribution in [0.25, 0.3) is 0 Å². The normalized spacial score (nSPS) is 10.0. The molecule has 0 spiro atoms. The minimum absolute atomic E-state index is 0.137. The van der Waals surface area contributed by atoms with Gasteiger partial charge in [-0.05, 0) is 48.7 Å². The summed E-state index contributed by atoms with van der Waals surface area (Å²) in [5.41, 5.74) is 2.03. The second-order valence-corrected chi connectivity index (χ2v) is 5.06. The first-order valence-electron chi connectivity index (χ1n) is 7.24. The van der Waals surface area contributed by atoms with Gasteiger partial charge in [0.25, 0.3) is 5.91 Å². The van der Waals surface area contributed by atoms with Gasteiger partial charge in [0, 0.05) is 11.3 Å². The molecular weight excluding hydrogens is 279 g/mol. The Balaban J connectivity index is 2.07. The number of unbranched alkanes of at least 4 members (excludes halogenated alkanes) is 1. The molecule has 0 aliphatic heterocycles. The Bertz CT molecular complexity index is 702. The number of nitrogens with one attached hydrogen (secondary N) is 1. The zero-order valence-electron chi connectivity index (χ0n) is 12.4. The molecule has 0 aliphatic carbocycles. The van der Waals surface area contributed by atoms with E-state index in [1.54, 1.807) is 6.07 Å². The highest BCUT2D eigenvalue weighted by Gasteiger charge is 2.10. The average Bonchev–Trinajstić information content (AvgIpc) is 2.54. The van der Waals surface area contributed by atoms with Crippen LogP contribution in [-0.4, -0.2) is 5.91 Å². The number of nitrogens with zero attached hydrogens (tertiary/aromatic N) is 1. The maximum atomic E-state index is 13.3. The number of carbonyl (C=O) groups is 1. The number of hydrogen-bond donors (Lipinski definition) is 1. The highest BCUT2D eigenvalue weighted by atomic mass is 19.1. The van der Waals surface area contributed by atoms with E-state index in [0.717, 1.165) is 25.3 Å². The van der Waals surface area contributed by atoms with Gasteiger partial charge in [0.2, 0.25) is 0 Å². The monoisotopic (exact) mass is 296 g/mol. The van der Waals surface area contributed by atoms with E-state index in [0.29, 0.717) is 5.69 Å². The number of benzene rings is 2. The molecule has 112 valence electrons. The van der Waals surface area contributed by atoms with Crippen molar-refractivity contribution in [1.82, 2.24) is 0 Å². The number of carbonyl (C=O) groups excluding carboxylic acids is 1. The molecule has 2 aromatic rings. The molecule has 0 aromatic heterocycles. The summed E-state index contributed by atoms with van der Waals surface area (Å²) in [5.74, 6) is -0.989. The quantitative estimate of drug-likeness (QED) is 0.894. The second-order valence-electron chi connectivity index (χ2n) is 5.06. The Hall–Kier alpha value is -2.67. The maximum absolute atomic E-state index is 13.3. The van der Waals surface area contributed by atoms with Crippen LogP contribution in [0.2, 0.25) is 0 Å². The molecule has 0 radical (unpaired) electrons. The average molecular weight is 296 g/mol. The van der Waals surface area contributed by atoms with Gasteiger partial charge in [-0.25, -0.2) is 4.39 Å². The van der Waals surface area contributed by atoms with Gasteiger partial charge in [0.1, 0.15) is 11.9 Å². The van der Waals surface area contributed by atoms with E-state index in [2.05, 4.69) is 12.2 Å². The van der Waals surface area contributed by atoms with Crippen molar-refractivity contribution in [2.45, 2.75) is 26.2 Å². The lowest BCUT2D eigenvalue weighted by molar-refractivity contribution is 0.102. The number of aryl methyl sites for hydroxylation is 1. The van der Waals surface area contributed by atoms with Crippen LogP contribution in [0.4, 0.5) is 10.1 Å². The number of rotatable bonds is 5. The third-order valence-electron chi connectivity index (χ3n) is 3.38. The van der Waals surface area contributed by atoms with Gasteiger partial charge in [-0.2, -0.15) is 5.26 Å². The van der Waals surface area contributed by atoms with Gasteiger partial charge in [-0.15, -0.1) is 0 Å². The van der Waals surface area contributed by atoms with Crippen molar-refractivity contribution in [1.29, 1.82) is 5.26 Å². The Morgan fingerprint density at radius 1 is 1.23 bits per heavy atom. The van der Waals surface area contributed by atoms with Crippen LogP contribution in [0.1, 0.15) is 41.3 Å². The van der Waals surface area contributed by atoms with Crippen molar-refractivity contribution < 1.29 is 9.18 Å². The zero-order valence-corrected chi connectivity index (χ0v) is 12.4. The Labute approximate surface area is 129 Å². The van der Waals surface area contributed by atoms with E-state index in [-0.39, 0.29) is 17.0 Å². The molecule has 0 atom stereocenters. The molecule has 0 bridgehead atoms. The predicted molar refractivity (Wildman–Crippen MR) is 84.1 cm³/mol. The third kappa shape index (κ3) is 3.92. The van der Waals surface area contributed by atoms with Crippen molar-refractivity contribution >= 4 is 11.6 Å². The molecule has 1 N–H and O–H groups in total. The van der Waals surface area contributed by atoms with Crippen molar-refractivity contribution in [3.05, 3.63) is 65.0 Å². The van der Waals surface area contributed by atoms with Crippen LogP contribution in [0.15, 0.2) is 42.5 Å². The van der Waals surface area contributed by atoms with Gasteiger partial charge < -0.3 is 5.32 Å². The van der Waals surface area contributed by atoms with E-state index in [1.165, 1.54) is 17.7 Å². The summed E-state index contributed by atoms with van der Waals surface area (Å²) in [5, 5.41) is 11.5. The number of hydrogen-bond acceptors (Lipinski definition) is 2. The lowest BCUT2D eigenvalue weighted by Crippen LogP contribution is -2.12. The fourth-order valence-electron chi connectivity index (χ4n) is 2.09. The number of amides is 1. The van der Waals surface area contributed by atoms with E-state index in [9.17, 15) is 9.18 Å². The highest BCUT2D eigenvalue weighted by Crippen LogP contribution is 2.15. The first kappa shape index (κ1) is 15.7. The van der Waals surface area contributed by atoms with E-state index in [4.69, 9.17) is 5.26 Å². The van der Waals surface area contributed by atoms with Gasteiger partial charge in [0.15, 0.2) is 0 Å². The topological polar surface area (TPSA) is 52.9 Å². The summed E-state index contributed by atoms with van der Waals surface area (Å²) in [7, 11) is 0. The fraction of sp³-hybridized carbons (Fsp3) is 0.222. The van der Waals surface area contributed by atoms with Crippen molar-refractivity contribution in [3.8, 4) is 6.07 Å². The molecule has 2 rings (SSSR count). The molecule has 0 saturated heterocycles. The van der Waals surface area contributed by atoms with Crippen LogP contribution >= 0.6 is 0 Å². The Morgan fingerprint density at radius 2 is 1.95 bits per heavy atom. The lowest BCUT2D eigenvalue weighted by Gasteiger charge is -2.07. The summed E-state index contributed by atoms with van der Waals surface area (Å²) in [4.78, 5) is 12.1. The zero-order chi connectivity index (χ0) is 15.9. The minimum atomic E-state index is -0.626. The van der Waals surface area contributed by atoms with E-state index >= 15 is 0 Å². The third-order valence-corrected chi connectivity index (χ3v) is 3.38. The van der Waals surface area contributed by atoms with Crippen LogP contribution in [0.3, 0.4) is 0 Å². The number of nitriles is 1. The standard InChI is InChI=1S/C18H17FN2O/c1-2-3-4-13-5-8-16(9-6-13)21-18(22)14-7-10-17(19)15(11-14)12-20/h5-11H,2-4H2,1H3,(H,21,22). The molecule has 0 fully saturated rings. The summed E-state index contributed by atoms with van der Waals surface area (Å²) >= 11 is 0. The molecule has 22 heavy (non-hydrogen) atoms. The molecular formula is C18H17FN2O. The molecule has 2 aromatic carbocycles. The van der Waals surface area contributed by atoms with Crippen molar-refractivity contribution in [2.24, 2.45) is 0 Å². The number of halogens is 1. The Kier molecular flexibility index (Phi) is 5.26. The van der Waals surface area contributed by atoms with Gasteiger partial charge in [0.05, 0.1) is 5.56 Å². The molecule has 0 aliphatic rings. The molecule has 0 saturated carbocycles. The SMILES string of the molecule is CCCCc1ccc(NC(=O)c2ccc(F)c(C#N)c2)cc1. The van der Waals surface area contributed by atoms with Crippen LogP contribution in [0, 0.1) is 17.1 Å². The van der Waals surface area contributed by atoms with Crippen LogP contribution < -0.4 is 5.32 Å². The Morgan fingerprint density at radius 3 is 2.59 bits per heavy atom. The smallest absolute Gasteiger partial charge is 0.255 e. The first-order valence-corrected chi connectivity index (χ1v) is 7.24. The van der Waals surface area contributed by atoms with Gasteiger partial charge >= 0.3 is 0 Å². The number of anilines is 1. The van der Waals surface area contributed by atoms with E-state index in [1.807, 2.05) is 24.3 Å². The highest BCUT2D eigenvalue weighted by molar-refractivity contribution is 6.04. The summed E-state index contributed by atoms with van der Waals surface area (Å²) in [6, 6.07) is 13.1.